The van der Waals surface area contributed by atoms with Crippen LogP contribution in [0.5, 0.6) is 0 Å². The molecular formula is C14H22O3S. The molecule has 0 aromatic carbocycles. The van der Waals surface area contributed by atoms with Crippen molar-refractivity contribution in [2.75, 3.05) is 6.61 Å². The molecule has 0 bridgehead atoms. The largest absolute Gasteiger partial charge is 0.466 e. The third-order valence-electron chi connectivity index (χ3n) is 2.16. The Balaban J connectivity index is 4.61. The SMILES string of the molecule is CC(=O)OCCC(C)(/C=C/C=C(C)C)SC(C)=O. The lowest BCUT2D eigenvalue weighted by molar-refractivity contribution is -0.141. The molecule has 4 heteroatoms. The van der Waals surface area contributed by atoms with Crippen LogP contribution in [0.2, 0.25) is 0 Å². The molecule has 0 N–H and O–H groups in total. The molecule has 1 unspecified atom stereocenters. The third kappa shape index (κ3) is 9.05. The number of esters is 1. The molecule has 0 aromatic rings. The highest BCUT2D eigenvalue weighted by Gasteiger charge is 2.24. The Bertz CT molecular complexity index is 354. The molecule has 0 saturated heterocycles. The third-order valence-corrected chi connectivity index (χ3v) is 3.25. The summed E-state index contributed by atoms with van der Waals surface area (Å²) in [5.41, 5.74) is 1.20. The van der Waals surface area contributed by atoms with Gasteiger partial charge in [-0.05, 0) is 27.2 Å². The summed E-state index contributed by atoms with van der Waals surface area (Å²) in [6, 6.07) is 0. The number of rotatable bonds is 6. The molecule has 0 aliphatic carbocycles. The molecule has 18 heavy (non-hydrogen) atoms. The van der Waals surface area contributed by atoms with E-state index < -0.39 is 0 Å². The summed E-state index contributed by atoms with van der Waals surface area (Å²) in [7, 11) is 0. The maximum absolute atomic E-state index is 11.3. The summed E-state index contributed by atoms with van der Waals surface area (Å²) in [6.07, 6.45) is 6.53. The average molecular weight is 270 g/mol. The van der Waals surface area contributed by atoms with Crippen LogP contribution in [0.15, 0.2) is 23.8 Å². The number of allylic oxidation sites excluding steroid dienone is 3. The fourth-order valence-electron chi connectivity index (χ4n) is 1.34. The first-order valence-corrected chi connectivity index (χ1v) is 6.72. The van der Waals surface area contributed by atoms with Crippen molar-refractivity contribution in [2.24, 2.45) is 0 Å². The van der Waals surface area contributed by atoms with Gasteiger partial charge in [0.05, 0.1) is 6.61 Å². The van der Waals surface area contributed by atoms with E-state index in [1.807, 2.05) is 39.0 Å². The van der Waals surface area contributed by atoms with Crippen molar-refractivity contribution in [1.29, 1.82) is 0 Å². The molecule has 0 radical (unpaired) electrons. The first-order valence-electron chi connectivity index (χ1n) is 5.91. The Morgan fingerprint density at radius 2 is 1.83 bits per heavy atom. The van der Waals surface area contributed by atoms with E-state index in [2.05, 4.69) is 0 Å². The van der Waals surface area contributed by atoms with E-state index in [4.69, 9.17) is 4.74 Å². The van der Waals surface area contributed by atoms with Crippen LogP contribution >= 0.6 is 11.8 Å². The van der Waals surface area contributed by atoms with Gasteiger partial charge in [0.2, 0.25) is 0 Å². The molecule has 0 rings (SSSR count). The monoisotopic (exact) mass is 270 g/mol. The number of carbonyl (C=O) groups is 2. The van der Waals surface area contributed by atoms with Gasteiger partial charge in [0, 0.05) is 18.6 Å². The smallest absolute Gasteiger partial charge is 0.302 e. The molecule has 0 amide bonds. The Hall–Kier alpha value is -1.03. The lowest BCUT2D eigenvalue weighted by Gasteiger charge is -2.23. The van der Waals surface area contributed by atoms with Gasteiger partial charge in [-0.15, -0.1) is 0 Å². The molecule has 0 aliphatic rings. The van der Waals surface area contributed by atoms with Crippen LogP contribution in [0.3, 0.4) is 0 Å². The molecule has 102 valence electrons. The average Bonchev–Trinajstić information content (AvgIpc) is 2.14. The highest BCUT2D eigenvalue weighted by molar-refractivity contribution is 8.14. The first-order chi connectivity index (χ1) is 8.25. The highest BCUT2D eigenvalue weighted by Crippen LogP contribution is 2.31. The van der Waals surface area contributed by atoms with Crippen molar-refractivity contribution in [3.63, 3.8) is 0 Å². The molecule has 3 nitrogen and oxygen atoms in total. The van der Waals surface area contributed by atoms with Crippen LogP contribution in [-0.2, 0) is 14.3 Å². The first kappa shape index (κ1) is 17.0. The maximum Gasteiger partial charge on any atom is 0.302 e. The van der Waals surface area contributed by atoms with E-state index in [0.717, 1.165) is 0 Å². The number of ether oxygens (including phenoxy) is 1. The van der Waals surface area contributed by atoms with E-state index in [0.29, 0.717) is 13.0 Å². The molecule has 0 heterocycles. The topological polar surface area (TPSA) is 43.4 Å². The molecule has 0 spiro atoms. The number of thioether (sulfide) groups is 1. The summed E-state index contributed by atoms with van der Waals surface area (Å²) in [5, 5.41) is 0.0576. The second kappa shape index (κ2) is 8.14. The minimum atomic E-state index is -0.340. The van der Waals surface area contributed by atoms with Crippen molar-refractivity contribution < 1.29 is 14.3 Å². The van der Waals surface area contributed by atoms with Gasteiger partial charge in [-0.25, -0.2) is 0 Å². The Morgan fingerprint density at radius 3 is 2.28 bits per heavy atom. The number of hydrogen-bond acceptors (Lipinski definition) is 4. The fourth-order valence-corrected chi connectivity index (χ4v) is 2.33. The Labute approximate surface area is 114 Å². The van der Waals surface area contributed by atoms with E-state index in [1.54, 1.807) is 6.92 Å². The molecule has 0 aromatic heterocycles. The molecule has 0 saturated carbocycles. The van der Waals surface area contributed by atoms with Crippen molar-refractivity contribution in [1.82, 2.24) is 0 Å². The summed E-state index contributed by atoms with van der Waals surface area (Å²) < 4.78 is 4.59. The van der Waals surface area contributed by atoms with Crippen molar-refractivity contribution >= 4 is 22.8 Å². The summed E-state index contributed by atoms with van der Waals surface area (Å²) in [6.45, 7) is 9.25. The van der Waals surface area contributed by atoms with Gasteiger partial charge in [-0.2, -0.15) is 0 Å². The number of hydrogen-bond donors (Lipinski definition) is 0. The lowest BCUT2D eigenvalue weighted by atomic mass is 10.1. The Kier molecular flexibility index (Phi) is 7.67. The minimum Gasteiger partial charge on any atom is -0.466 e. The normalized spacial score (nSPS) is 14.1. The van der Waals surface area contributed by atoms with Gasteiger partial charge in [0.25, 0.3) is 0 Å². The summed E-state index contributed by atoms with van der Waals surface area (Å²) >= 11 is 1.26. The number of carbonyl (C=O) groups excluding carboxylic acids is 2. The van der Waals surface area contributed by atoms with Crippen LogP contribution in [0.1, 0.15) is 41.0 Å². The predicted molar refractivity (Wildman–Crippen MR) is 76.5 cm³/mol. The Morgan fingerprint density at radius 1 is 1.22 bits per heavy atom. The second-order valence-electron chi connectivity index (χ2n) is 4.60. The van der Waals surface area contributed by atoms with E-state index >= 15 is 0 Å². The van der Waals surface area contributed by atoms with Gasteiger partial charge in [-0.1, -0.05) is 35.6 Å². The van der Waals surface area contributed by atoms with Crippen molar-refractivity contribution in [2.45, 2.75) is 45.8 Å². The van der Waals surface area contributed by atoms with Gasteiger partial charge >= 0.3 is 5.97 Å². The van der Waals surface area contributed by atoms with Gasteiger partial charge in [-0.3, -0.25) is 9.59 Å². The highest BCUT2D eigenvalue weighted by atomic mass is 32.2. The van der Waals surface area contributed by atoms with Crippen molar-refractivity contribution in [3.05, 3.63) is 23.8 Å². The molecular weight excluding hydrogens is 248 g/mol. The molecule has 1 atom stereocenters. The zero-order valence-electron chi connectivity index (χ0n) is 11.8. The zero-order chi connectivity index (χ0) is 14.2. The standard InChI is InChI=1S/C14H22O3S/c1-11(2)7-6-8-14(5,18-13(4)16)9-10-17-12(3)15/h6-8H,9-10H2,1-5H3/b8-6+. The maximum atomic E-state index is 11.3. The predicted octanol–water partition coefficient (Wildman–Crippen LogP) is 3.50. The minimum absolute atomic E-state index is 0.0576. The van der Waals surface area contributed by atoms with Gasteiger partial charge < -0.3 is 4.74 Å². The van der Waals surface area contributed by atoms with Crippen LogP contribution in [-0.4, -0.2) is 22.4 Å². The van der Waals surface area contributed by atoms with E-state index in [1.165, 1.54) is 24.3 Å². The molecule has 0 fully saturated rings. The second-order valence-corrected chi connectivity index (χ2v) is 6.31. The summed E-state index contributed by atoms with van der Waals surface area (Å²) in [4.78, 5) is 22.0. The van der Waals surface area contributed by atoms with E-state index in [9.17, 15) is 9.59 Å². The van der Waals surface area contributed by atoms with Gasteiger partial charge in [0.15, 0.2) is 5.12 Å². The van der Waals surface area contributed by atoms with Crippen LogP contribution < -0.4 is 0 Å². The van der Waals surface area contributed by atoms with Crippen LogP contribution in [0, 0.1) is 0 Å². The fraction of sp³-hybridized carbons (Fsp3) is 0.571. The zero-order valence-corrected chi connectivity index (χ0v) is 12.6. The summed E-state index contributed by atoms with van der Waals surface area (Å²) in [5.74, 6) is -0.293. The van der Waals surface area contributed by atoms with Gasteiger partial charge in [0.1, 0.15) is 0 Å². The van der Waals surface area contributed by atoms with Crippen LogP contribution in [0.4, 0.5) is 0 Å². The van der Waals surface area contributed by atoms with E-state index in [-0.39, 0.29) is 15.8 Å². The lowest BCUT2D eigenvalue weighted by Crippen LogP contribution is -2.22. The molecule has 0 aliphatic heterocycles. The van der Waals surface area contributed by atoms with Crippen molar-refractivity contribution in [3.8, 4) is 0 Å². The quantitative estimate of drug-likeness (QED) is 0.547. The van der Waals surface area contributed by atoms with Crippen LogP contribution in [0.25, 0.3) is 0 Å².